The number of nitrogens with one attached hydrogen (secondary N) is 2. The van der Waals surface area contributed by atoms with Gasteiger partial charge in [0.05, 0.1) is 30.3 Å². The molecule has 3 rings (SSSR count). The lowest BCUT2D eigenvalue weighted by molar-refractivity contribution is 0.0948. The Morgan fingerprint density at radius 1 is 1.23 bits per heavy atom. The third-order valence-corrected chi connectivity index (χ3v) is 5.43. The van der Waals surface area contributed by atoms with Gasteiger partial charge in [0.2, 0.25) is 0 Å². The van der Waals surface area contributed by atoms with Crippen LogP contribution in [-0.2, 0) is 6.54 Å². The van der Waals surface area contributed by atoms with Crippen LogP contribution >= 0.6 is 11.8 Å². The molecule has 1 amide bonds. The fourth-order valence-corrected chi connectivity index (χ4v) is 3.74. The number of carbonyl (C=O) groups excluding carboxylic acids is 1. The van der Waals surface area contributed by atoms with Gasteiger partial charge in [-0.05, 0) is 39.3 Å². The second-order valence-corrected chi connectivity index (χ2v) is 8.35. The highest BCUT2D eigenvalue weighted by Gasteiger charge is 2.15. The largest absolute Gasteiger partial charge is 0.493 e. The summed E-state index contributed by atoms with van der Waals surface area (Å²) in [6.07, 6.45) is 2.83. The van der Waals surface area contributed by atoms with Crippen LogP contribution in [0.2, 0.25) is 0 Å². The number of nitrogens with zero attached hydrogens (tertiary/aromatic N) is 4. The van der Waals surface area contributed by atoms with Gasteiger partial charge < -0.3 is 15.4 Å². The minimum Gasteiger partial charge on any atom is -0.493 e. The standard InChI is InChI=1S/C22H30N6O2S/c1-5-13-31-22-26-19(25-15(3)4)17-14-24-28(20(17)27-22)12-11-23-21(29)16-9-7-8-10-18(16)30-6-2/h7-10,14-15H,5-6,11-13H2,1-4H3,(H,23,29)(H,25,26,27). The van der Waals surface area contributed by atoms with Crippen LogP contribution in [0.3, 0.4) is 0 Å². The normalized spacial score (nSPS) is 11.1. The topological polar surface area (TPSA) is 94.0 Å². The van der Waals surface area contributed by atoms with E-state index in [4.69, 9.17) is 9.72 Å². The van der Waals surface area contributed by atoms with Crippen molar-refractivity contribution in [1.82, 2.24) is 25.1 Å². The molecule has 2 aromatic heterocycles. The van der Waals surface area contributed by atoms with Crippen molar-refractivity contribution in [1.29, 1.82) is 0 Å². The van der Waals surface area contributed by atoms with Crippen LogP contribution < -0.4 is 15.4 Å². The molecule has 31 heavy (non-hydrogen) atoms. The smallest absolute Gasteiger partial charge is 0.255 e. The fourth-order valence-electron chi connectivity index (χ4n) is 3.05. The van der Waals surface area contributed by atoms with Crippen LogP contribution in [0.25, 0.3) is 11.0 Å². The summed E-state index contributed by atoms with van der Waals surface area (Å²) in [7, 11) is 0. The van der Waals surface area contributed by atoms with Crippen molar-refractivity contribution in [2.45, 2.75) is 51.9 Å². The third-order valence-electron chi connectivity index (χ3n) is 4.38. The average molecular weight is 443 g/mol. The van der Waals surface area contributed by atoms with E-state index in [1.165, 1.54) is 0 Å². The number of para-hydroxylation sites is 1. The van der Waals surface area contributed by atoms with Gasteiger partial charge in [0.25, 0.3) is 5.91 Å². The minimum absolute atomic E-state index is 0.170. The lowest BCUT2D eigenvalue weighted by atomic mass is 10.2. The summed E-state index contributed by atoms with van der Waals surface area (Å²) < 4.78 is 7.37. The van der Waals surface area contributed by atoms with Crippen molar-refractivity contribution in [3.63, 3.8) is 0 Å². The first-order chi connectivity index (χ1) is 15.0. The Morgan fingerprint density at radius 3 is 2.77 bits per heavy atom. The van der Waals surface area contributed by atoms with E-state index in [0.29, 0.717) is 31.0 Å². The summed E-state index contributed by atoms with van der Waals surface area (Å²) in [4.78, 5) is 22.0. The number of amides is 1. The lowest BCUT2D eigenvalue weighted by Gasteiger charge is -2.12. The van der Waals surface area contributed by atoms with Crippen molar-refractivity contribution in [3.8, 4) is 5.75 Å². The SMILES string of the molecule is CCCSc1nc(NC(C)C)c2cnn(CCNC(=O)c3ccccc3OCC)c2n1. The maximum Gasteiger partial charge on any atom is 0.255 e. The molecular weight excluding hydrogens is 412 g/mol. The van der Waals surface area contributed by atoms with E-state index in [0.717, 1.165) is 34.2 Å². The van der Waals surface area contributed by atoms with E-state index in [1.807, 2.05) is 23.7 Å². The number of hydrogen-bond donors (Lipinski definition) is 2. The summed E-state index contributed by atoms with van der Waals surface area (Å²) in [5, 5.41) is 12.4. The Balaban J connectivity index is 1.75. The molecule has 0 unspecified atom stereocenters. The monoisotopic (exact) mass is 442 g/mol. The highest BCUT2D eigenvalue weighted by molar-refractivity contribution is 7.99. The summed E-state index contributed by atoms with van der Waals surface area (Å²) in [6.45, 7) is 9.62. The molecule has 9 heteroatoms. The van der Waals surface area contributed by atoms with Gasteiger partial charge in [-0.25, -0.2) is 14.6 Å². The van der Waals surface area contributed by atoms with Gasteiger partial charge in [0.1, 0.15) is 11.6 Å². The number of ether oxygens (including phenoxy) is 1. The predicted octanol–water partition coefficient (Wildman–Crippen LogP) is 3.98. The summed E-state index contributed by atoms with van der Waals surface area (Å²) in [5.74, 6) is 2.16. The van der Waals surface area contributed by atoms with Crippen molar-refractivity contribution in [2.75, 3.05) is 24.2 Å². The number of fused-ring (bicyclic) bond motifs is 1. The maximum absolute atomic E-state index is 12.6. The Morgan fingerprint density at radius 2 is 2.03 bits per heavy atom. The first kappa shape index (κ1) is 22.9. The van der Waals surface area contributed by atoms with Gasteiger partial charge in [0.15, 0.2) is 10.8 Å². The van der Waals surface area contributed by atoms with Gasteiger partial charge in [-0.1, -0.05) is 30.8 Å². The maximum atomic E-state index is 12.6. The molecule has 0 radical (unpaired) electrons. The van der Waals surface area contributed by atoms with Crippen molar-refractivity contribution in [3.05, 3.63) is 36.0 Å². The zero-order valence-corrected chi connectivity index (χ0v) is 19.3. The Hall–Kier alpha value is -2.81. The predicted molar refractivity (Wildman–Crippen MR) is 125 cm³/mol. The highest BCUT2D eigenvalue weighted by atomic mass is 32.2. The number of benzene rings is 1. The molecule has 2 heterocycles. The molecule has 0 saturated heterocycles. The van der Waals surface area contributed by atoms with E-state index in [9.17, 15) is 4.79 Å². The Labute approximate surface area is 187 Å². The van der Waals surface area contributed by atoms with Crippen LogP contribution in [0.1, 0.15) is 44.5 Å². The molecule has 2 N–H and O–H groups in total. The second-order valence-electron chi connectivity index (χ2n) is 7.29. The Kier molecular flexibility index (Phi) is 8.11. The van der Waals surface area contributed by atoms with Crippen LogP contribution in [-0.4, -0.2) is 50.6 Å². The second kappa shape index (κ2) is 11.0. The molecule has 0 atom stereocenters. The summed E-state index contributed by atoms with van der Waals surface area (Å²) >= 11 is 1.63. The van der Waals surface area contributed by atoms with Crippen molar-refractivity contribution < 1.29 is 9.53 Å². The van der Waals surface area contributed by atoms with Crippen LogP contribution in [0, 0.1) is 0 Å². The number of aromatic nitrogens is 4. The number of thioether (sulfide) groups is 1. The molecule has 166 valence electrons. The van der Waals surface area contributed by atoms with E-state index >= 15 is 0 Å². The molecule has 8 nitrogen and oxygen atoms in total. The van der Waals surface area contributed by atoms with E-state index in [2.05, 4.69) is 41.5 Å². The third kappa shape index (κ3) is 5.88. The Bertz CT molecular complexity index is 1020. The molecule has 0 fully saturated rings. The van der Waals surface area contributed by atoms with E-state index in [-0.39, 0.29) is 11.9 Å². The average Bonchev–Trinajstić information content (AvgIpc) is 3.15. The number of rotatable bonds is 11. The van der Waals surface area contributed by atoms with Crippen molar-refractivity contribution >= 4 is 34.5 Å². The number of hydrogen-bond acceptors (Lipinski definition) is 7. The van der Waals surface area contributed by atoms with E-state index in [1.54, 1.807) is 30.1 Å². The highest BCUT2D eigenvalue weighted by Crippen LogP contribution is 2.25. The molecule has 3 aromatic rings. The molecule has 0 aliphatic carbocycles. The van der Waals surface area contributed by atoms with Crippen molar-refractivity contribution in [2.24, 2.45) is 0 Å². The first-order valence-electron chi connectivity index (χ1n) is 10.7. The van der Waals surface area contributed by atoms with E-state index < -0.39 is 0 Å². The number of anilines is 1. The van der Waals surface area contributed by atoms with Gasteiger partial charge in [-0.2, -0.15) is 5.10 Å². The molecule has 0 aliphatic rings. The molecule has 0 bridgehead atoms. The molecule has 0 aliphatic heterocycles. The van der Waals surface area contributed by atoms with Crippen LogP contribution in [0.15, 0.2) is 35.6 Å². The molecule has 0 saturated carbocycles. The first-order valence-corrected chi connectivity index (χ1v) is 11.6. The molecular formula is C22H30N6O2S. The fraction of sp³-hybridized carbons (Fsp3) is 0.455. The van der Waals surface area contributed by atoms with Gasteiger partial charge in [0, 0.05) is 18.3 Å². The lowest BCUT2D eigenvalue weighted by Crippen LogP contribution is -2.28. The zero-order chi connectivity index (χ0) is 22.2. The summed E-state index contributed by atoms with van der Waals surface area (Å²) in [6, 6.07) is 7.49. The molecule has 0 spiro atoms. The summed E-state index contributed by atoms with van der Waals surface area (Å²) in [5.41, 5.74) is 1.29. The van der Waals surface area contributed by atoms with Crippen LogP contribution in [0.5, 0.6) is 5.75 Å². The number of carbonyl (C=O) groups is 1. The quantitative estimate of drug-likeness (QED) is 0.343. The van der Waals surface area contributed by atoms with Crippen LogP contribution in [0.4, 0.5) is 5.82 Å². The van der Waals surface area contributed by atoms with Gasteiger partial charge >= 0.3 is 0 Å². The minimum atomic E-state index is -0.170. The molecule has 1 aromatic carbocycles. The zero-order valence-electron chi connectivity index (χ0n) is 18.5. The van der Waals surface area contributed by atoms with Gasteiger partial charge in [-0.3, -0.25) is 4.79 Å². The van der Waals surface area contributed by atoms with Gasteiger partial charge in [-0.15, -0.1) is 0 Å².